The summed E-state index contributed by atoms with van der Waals surface area (Å²) in [5, 5.41) is 2.83. The van der Waals surface area contributed by atoms with Gasteiger partial charge in [-0.1, -0.05) is 24.3 Å². The van der Waals surface area contributed by atoms with Gasteiger partial charge < -0.3 is 14.6 Å². The maximum atomic E-state index is 13.6. The van der Waals surface area contributed by atoms with Gasteiger partial charge in [0.25, 0.3) is 11.8 Å². The zero-order chi connectivity index (χ0) is 27.8. The van der Waals surface area contributed by atoms with Crippen molar-refractivity contribution in [1.29, 1.82) is 0 Å². The highest BCUT2D eigenvalue weighted by Crippen LogP contribution is 2.45. The van der Waals surface area contributed by atoms with Gasteiger partial charge in [0.2, 0.25) is 0 Å². The van der Waals surface area contributed by atoms with Crippen molar-refractivity contribution in [3.05, 3.63) is 112 Å². The number of furan rings is 1. The lowest BCUT2D eigenvalue weighted by molar-refractivity contribution is 0.0775. The van der Waals surface area contributed by atoms with Crippen LogP contribution in [0, 0.1) is 5.82 Å². The molecule has 2 aliphatic rings. The molecule has 1 atom stereocenters. The van der Waals surface area contributed by atoms with Gasteiger partial charge in [-0.25, -0.2) is 4.39 Å². The lowest BCUT2D eigenvalue weighted by Crippen LogP contribution is -2.23. The number of hydrogen-bond donors (Lipinski definition) is 1. The van der Waals surface area contributed by atoms with Crippen molar-refractivity contribution in [3.63, 3.8) is 0 Å². The Bertz CT molecular complexity index is 1590. The van der Waals surface area contributed by atoms with Crippen molar-refractivity contribution in [2.24, 2.45) is 0 Å². The Balaban J connectivity index is 1.39. The van der Waals surface area contributed by atoms with E-state index in [9.17, 15) is 18.8 Å². The first-order chi connectivity index (χ1) is 19.4. The van der Waals surface area contributed by atoms with Gasteiger partial charge >= 0.3 is 0 Å². The van der Waals surface area contributed by atoms with Crippen molar-refractivity contribution in [2.45, 2.75) is 45.2 Å². The van der Waals surface area contributed by atoms with Crippen LogP contribution in [0.25, 0.3) is 11.1 Å². The summed E-state index contributed by atoms with van der Waals surface area (Å²) in [6.45, 7) is 2.42. The van der Waals surface area contributed by atoms with Gasteiger partial charge in [0, 0.05) is 23.2 Å². The number of halogens is 1. The van der Waals surface area contributed by atoms with E-state index < -0.39 is 0 Å². The first-order valence-corrected chi connectivity index (χ1v) is 13.4. The number of pyridine rings is 1. The minimum atomic E-state index is -0.302. The molecule has 4 aromatic rings. The third-order valence-electron chi connectivity index (χ3n) is 7.70. The number of amides is 2. The van der Waals surface area contributed by atoms with E-state index in [4.69, 9.17) is 9.40 Å². The van der Waals surface area contributed by atoms with E-state index in [1.165, 1.54) is 19.1 Å². The molecule has 1 fully saturated rings. The van der Waals surface area contributed by atoms with Gasteiger partial charge in [-0.2, -0.15) is 0 Å². The van der Waals surface area contributed by atoms with Crippen LogP contribution in [0.4, 0.5) is 4.39 Å². The molecule has 40 heavy (non-hydrogen) atoms. The molecular weight excluding hydrogens is 509 g/mol. The van der Waals surface area contributed by atoms with Crippen LogP contribution in [0.2, 0.25) is 0 Å². The number of benzene rings is 2. The Morgan fingerprint density at radius 3 is 2.52 bits per heavy atom. The average Bonchev–Trinajstić information content (AvgIpc) is 3.71. The summed E-state index contributed by atoms with van der Waals surface area (Å²) in [5.74, 6) is -0.196. The predicted molar refractivity (Wildman–Crippen MR) is 146 cm³/mol. The molecule has 8 heteroatoms. The lowest BCUT2D eigenvalue weighted by atomic mass is 9.88. The summed E-state index contributed by atoms with van der Waals surface area (Å²) in [6.07, 6.45) is 4.33. The number of rotatable bonds is 8. The Hall–Kier alpha value is -4.59. The van der Waals surface area contributed by atoms with Crippen molar-refractivity contribution in [2.75, 3.05) is 6.54 Å². The Morgan fingerprint density at radius 1 is 1.05 bits per heavy atom. The number of aromatic nitrogens is 1. The number of carbonyl (C=O) groups is 3. The number of Topliss-reactive ketones (excluding diaryl/α,β-unsaturated/α-hetero) is 1. The standard InChI is InChI=1S/C32H28FN3O4/c1-19(37)27-25(15-8-20-6-13-23(33)14-7-20)35-30-26-5-2-16-36(26)32(39)29(30)28(27)21-9-11-22(12-10-21)31(38)34-18-24-4-3-17-40-24/h3-4,6-7,9-14,17,26H,2,5,8,15-16,18H2,1H3,(H,34,38)/t26-/m0/s1. The van der Waals surface area contributed by atoms with Crippen molar-refractivity contribution < 1.29 is 23.2 Å². The molecule has 2 aromatic heterocycles. The minimum Gasteiger partial charge on any atom is -0.467 e. The summed E-state index contributed by atoms with van der Waals surface area (Å²) in [6, 6.07) is 16.7. The molecular formula is C32H28FN3O4. The highest BCUT2D eigenvalue weighted by Gasteiger charge is 2.44. The minimum absolute atomic E-state index is 0.0986. The van der Waals surface area contributed by atoms with E-state index in [1.807, 2.05) is 4.90 Å². The maximum absolute atomic E-state index is 13.6. The van der Waals surface area contributed by atoms with Crippen LogP contribution in [0.1, 0.15) is 79.6 Å². The van der Waals surface area contributed by atoms with Crippen LogP contribution in [-0.2, 0) is 19.4 Å². The Kier molecular flexibility index (Phi) is 6.76. The number of carbonyl (C=O) groups excluding carboxylic acids is 3. The SMILES string of the molecule is CC(=O)c1c(CCc2ccc(F)cc2)nc2c(c1-c1ccc(C(=O)NCc3ccco3)cc1)C(=O)N1CCC[C@@H]21. The number of aryl methyl sites for hydroxylation is 2. The molecule has 0 spiro atoms. The summed E-state index contributed by atoms with van der Waals surface area (Å²) in [4.78, 5) is 46.3. The fourth-order valence-electron chi connectivity index (χ4n) is 5.78. The summed E-state index contributed by atoms with van der Waals surface area (Å²) >= 11 is 0. The molecule has 4 heterocycles. The topological polar surface area (TPSA) is 92.5 Å². The van der Waals surface area contributed by atoms with Crippen molar-refractivity contribution in [3.8, 4) is 11.1 Å². The normalized spacial score (nSPS) is 15.7. The molecule has 2 amide bonds. The zero-order valence-corrected chi connectivity index (χ0v) is 22.1. The van der Waals surface area contributed by atoms with E-state index in [0.29, 0.717) is 58.7 Å². The van der Waals surface area contributed by atoms with Crippen LogP contribution in [0.15, 0.2) is 71.3 Å². The molecule has 2 aromatic carbocycles. The Labute approximate surface area is 231 Å². The number of nitrogens with one attached hydrogen (secondary N) is 1. The maximum Gasteiger partial charge on any atom is 0.257 e. The lowest BCUT2D eigenvalue weighted by Gasteiger charge is -2.17. The molecule has 6 rings (SSSR count). The largest absolute Gasteiger partial charge is 0.467 e. The van der Waals surface area contributed by atoms with Crippen LogP contribution < -0.4 is 5.32 Å². The molecule has 0 aliphatic carbocycles. The van der Waals surface area contributed by atoms with Crippen LogP contribution in [0.5, 0.6) is 0 Å². The summed E-state index contributed by atoms with van der Waals surface area (Å²) < 4.78 is 18.7. The summed E-state index contributed by atoms with van der Waals surface area (Å²) in [7, 11) is 0. The second-order valence-electron chi connectivity index (χ2n) is 10.2. The number of ketones is 1. The second-order valence-corrected chi connectivity index (χ2v) is 10.2. The third-order valence-corrected chi connectivity index (χ3v) is 7.70. The fraction of sp³-hybridized carbons (Fsp3) is 0.250. The highest BCUT2D eigenvalue weighted by molar-refractivity contribution is 6.12. The van der Waals surface area contributed by atoms with E-state index in [1.54, 1.807) is 54.8 Å². The smallest absolute Gasteiger partial charge is 0.257 e. The van der Waals surface area contributed by atoms with E-state index >= 15 is 0 Å². The van der Waals surface area contributed by atoms with Crippen LogP contribution in [-0.4, -0.2) is 34.0 Å². The Morgan fingerprint density at radius 2 is 1.82 bits per heavy atom. The quantitative estimate of drug-likeness (QED) is 0.292. The van der Waals surface area contributed by atoms with Crippen molar-refractivity contribution >= 4 is 17.6 Å². The summed E-state index contributed by atoms with van der Waals surface area (Å²) in [5.41, 5.74) is 4.90. The highest BCUT2D eigenvalue weighted by atomic mass is 19.1. The number of hydrogen-bond acceptors (Lipinski definition) is 5. The second kappa shape index (κ2) is 10.5. The zero-order valence-electron chi connectivity index (χ0n) is 22.1. The molecule has 0 unspecified atom stereocenters. The molecule has 7 nitrogen and oxygen atoms in total. The molecule has 202 valence electrons. The van der Waals surface area contributed by atoms with Gasteiger partial charge in [0.05, 0.1) is 35.8 Å². The average molecular weight is 538 g/mol. The van der Waals surface area contributed by atoms with E-state index in [2.05, 4.69) is 5.32 Å². The van der Waals surface area contributed by atoms with E-state index in [0.717, 1.165) is 24.1 Å². The van der Waals surface area contributed by atoms with Gasteiger partial charge in [-0.3, -0.25) is 19.4 Å². The molecule has 0 saturated carbocycles. The number of nitrogens with zero attached hydrogens (tertiary/aromatic N) is 2. The van der Waals surface area contributed by atoms with Crippen LogP contribution >= 0.6 is 0 Å². The first-order valence-electron chi connectivity index (χ1n) is 13.4. The molecule has 1 N–H and O–H groups in total. The fourth-order valence-corrected chi connectivity index (χ4v) is 5.78. The first kappa shape index (κ1) is 25.7. The van der Waals surface area contributed by atoms with E-state index in [-0.39, 0.29) is 36.0 Å². The molecule has 0 radical (unpaired) electrons. The molecule has 1 saturated heterocycles. The third kappa shape index (κ3) is 4.70. The van der Waals surface area contributed by atoms with Gasteiger partial charge in [-0.05, 0) is 80.1 Å². The molecule has 0 bridgehead atoms. The number of fused-ring (bicyclic) bond motifs is 3. The molecule has 2 aliphatic heterocycles. The van der Waals surface area contributed by atoms with Gasteiger partial charge in [0.15, 0.2) is 5.78 Å². The van der Waals surface area contributed by atoms with Gasteiger partial charge in [-0.15, -0.1) is 0 Å². The predicted octanol–water partition coefficient (Wildman–Crippen LogP) is 5.69. The monoisotopic (exact) mass is 537 g/mol. The van der Waals surface area contributed by atoms with Crippen molar-refractivity contribution in [1.82, 2.24) is 15.2 Å². The van der Waals surface area contributed by atoms with Gasteiger partial charge in [0.1, 0.15) is 11.6 Å². The van der Waals surface area contributed by atoms with Crippen LogP contribution in [0.3, 0.4) is 0 Å².